The largest absolute Gasteiger partial charge is 0.416 e. The number of thiazole rings is 1. The Kier molecular flexibility index (Phi) is 5.91. The zero-order chi connectivity index (χ0) is 22.0. The quantitative estimate of drug-likeness (QED) is 0.495. The van der Waals surface area contributed by atoms with Crippen LogP contribution in [0.5, 0.6) is 0 Å². The highest BCUT2D eigenvalue weighted by Gasteiger charge is 2.31. The lowest BCUT2D eigenvalue weighted by atomic mass is 9.89. The third-order valence-corrected chi connectivity index (χ3v) is 6.26. The highest BCUT2D eigenvalue weighted by molar-refractivity contribution is 7.13. The number of likely N-dealkylation sites (tertiary alicyclic amines) is 1. The maximum absolute atomic E-state index is 13.0. The van der Waals surface area contributed by atoms with Gasteiger partial charge < -0.3 is 4.90 Å². The number of Topliss-reactive ketones (excluding diaryl/α,β-unsaturated/α-hetero) is 1. The topological polar surface area (TPSA) is 50.3 Å². The predicted octanol–water partition coefficient (Wildman–Crippen LogP) is 5.56. The van der Waals surface area contributed by atoms with Crippen molar-refractivity contribution < 1.29 is 22.8 Å². The number of aromatic nitrogens is 1. The summed E-state index contributed by atoms with van der Waals surface area (Å²) < 4.78 is 38.9. The predicted molar refractivity (Wildman–Crippen MR) is 112 cm³/mol. The number of hydrogen-bond donors (Lipinski definition) is 0. The first-order valence-electron chi connectivity index (χ1n) is 9.84. The smallest absolute Gasteiger partial charge is 0.337 e. The highest BCUT2D eigenvalue weighted by atomic mass is 32.1. The van der Waals surface area contributed by atoms with Crippen molar-refractivity contribution in [2.75, 3.05) is 13.1 Å². The van der Waals surface area contributed by atoms with Gasteiger partial charge >= 0.3 is 6.18 Å². The van der Waals surface area contributed by atoms with Gasteiger partial charge in [-0.15, -0.1) is 11.3 Å². The van der Waals surface area contributed by atoms with Gasteiger partial charge in [0.1, 0.15) is 10.7 Å². The molecule has 8 heteroatoms. The molecule has 0 spiro atoms. The van der Waals surface area contributed by atoms with Gasteiger partial charge in [-0.3, -0.25) is 9.59 Å². The summed E-state index contributed by atoms with van der Waals surface area (Å²) in [7, 11) is 0. The van der Waals surface area contributed by atoms with Crippen molar-refractivity contribution in [2.45, 2.75) is 19.0 Å². The maximum Gasteiger partial charge on any atom is 0.416 e. The second kappa shape index (κ2) is 8.63. The second-order valence-corrected chi connectivity index (χ2v) is 8.27. The lowest BCUT2D eigenvalue weighted by Gasteiger charge is -2.30. The number of hydrogen-bond acceptors (Lipinski definition) is 4. The van der Waals surface area contributed by atoms with Gasteiger partial charge in [-0.25, -0.2) is 4.98 Å². The molecule has 2 heterocycles. The van der Waals surface area contributed by atoms with Gasteiger partial charge in [0.05, 0.1) is 5.56 Å². The van der Waals surface area contributed by atoms with E-state index in [0.717, 1.165) is 23.5 Å². The van der Waals surface area contributed by atoms with Gasteiger partial charge in [-0.05, 0) is 25.0 Å². The normalized spacial score (nSPS) is 15.1. The Hall–Kier alpha value is -3.00. The van der Waals surface area contributed by atoms with E-state index >= 15 is 0 Å². The summed E-state index contributed by atoms with van der Waals surface area (Å²) in [6.07, 6.45) is -3.29. The molecule has 0 radical (unpaired) electrons. The fourth-order valence-corrected chi connectivity index (χ4v) is 4.47. The van der Waals surface area contributed by atoms with Gasteiger partial charge in [0.25, 0.3) is 5.91 Å². The van der Waals surface area contributed by atoms with Crippen LogP contribution in [0.3, 0.4) is 0 Å². The van der Waals surface area contributed by atoms with E-state index in [9.17, 15) is 22.8 Å². The Morgan fingerprint density at radius 2 is 1.71 bits per heavy atom. The van der Waals surface area contributed by atoms with E-state index in [1.807, 2.05) is 18.2 Å². The van der Waals surface area contributed by atoms with E-state index in [4.69, 9.17) is 0 Å². The molecule has 1 amide bonds. The van der Waals surface area contributed by atoms with E-state index in [0.29, 0.717) is 42.1 Å². The summed E-state index contributed by atoms with van der Waals surface area (Å²) in [4.78, 5) is 31.4. The van der Waals surface area contributed by atoms with E-state index in [1.54, 1.807) is 28.5 Å². The van der Waals surface area contributed by atoms with Gasteiger partial charge in [-0.2, -0.15) is 13.2 Å². The fraction of sp³-hybridized carbons (Fsp3) is 0.261. The minimum atomic E-state index is -4.44. The molecule has 3 aromatic rings. The van der Waals surface area contributed by atoms with Crippen LogP contribution in [0.4, 0.5) is 13.2 Å². The molecule has 0 aliphatic carbocycles. The van der Waals surface area contributed by atoms with Crippen LogP contribution in [0.15, 0.2) is 60.0 Å². The van der Waals surface area contributed by atoms with E-state index in [1.165, 1.54) is 6.07 Å². The minimum Gasteiger partial charge on any atom is -0.337 e. The number of ketones is 1. The van der Waals surface area contributed by atoms with Gasteiger partial charge in [0, 0.05) is 35.5 Å². The highest BCUT2D eigenvalue weighted by Crippen LogP contribution is 2.33. The molecule has 4 nitrogen and oxygen atoms in total. The number of halogens is 3. The molecular weight excluding hydrogens is 425 g/mol. The van der Waals surface area contributed by atoms with Crippen molar-refractivity contribution >= 4 is 23.0 Å². The zero-order valence-electron chi connectivity index (χ0n) is 16.4. The van der Waals surface area contributed by atoms with Crippen molar-refractivity contribution in [1.82, 2.24) is 9.88 Å². The van der Waals surface area contributed by atoms with Crippen LogP contribution in [-0.2, 0) is 6.18 Å². The molecular formula is C23H19F3N2O2S. The van der Waals surface area contributed by atoms with Crippen molar-refractivity contribution in [3.05, 3.63) is 76.8 Å². The first-order valence-corrected chi connectivity index (χ1v) is 10.7. The van der Waals surface area contributed by atoms with Crippen LogP contribution < -0.4 is 0 Å². The number of carbonyl (C=O) groups is 2. The average Bonchev–Trinajstić information content (AvgIpc) is 3.29. The molecule has 1 saturated heterocycles. The fourth-order valence-electron chi connectivity index (χ4n) is 3.68. The average molecular weight is 444 g/mol. The minimum absolute atomic E-state index is 0.0909. The van der Waals surface area contributed by atoms with Crippen molar-refractivity contribution in [3.63, 3.8) is 0 Å². The van der Waals surface area contributed by atoms with Gasteiger partial charge in [0.2, 0.25) is 0 Å². The summed E-state index contributed by atoms with van der Waals surface area (Å²) in [5.41, 5.74) is 0.465. The van der Waals surface area contributed by atoms with Crippen molar-refractivity contribution in [1.29, 1.82) is 0 Å². The number of piperidine rings is 1. The standard InChI is InChI=1S/C23H19F3N2O2S/c24-23(25,26)18-8-4-7-17(13-18)21-27-19(14-31-21)22(30)28-11-9-16(10-12-28)20(29)15-5-2-1-3-6-15/h1-8,13-14,16H,9-12H2. The van der Waals surface area contributed by atoms with E-state index < -0.39 is 11.7 Å². The Morgan fingerprint density at radius 1 is 1.00 bits per heavy atom. The Balaban J connectivity index is 1.42. The van der Waals surface area contributed by atoms with Crippen LogP contribution in [-0.4, -0.2) is 34.7 Å². The molecule has 1 aliphatic heterocycles. The number of benzene rings is 2. The van der Waals surface area contributed by atoms with E-state index in [-0.39, 0.29) is 23.3 Å². The first-order chi connectivity index (χ1) is 14.8. The molecule has 1 aliphatic rings. The SMILES string of the molecule is O=C(c1ccccc1)C1CCN(C(=O)c2csc(-c3cccc(C(F)(F)F)c3)n2)CC1. The number of alkyl halides is 3. The maximum atomic E-state index is 13.0. The molecule has 0 N–H and O–H groups in total. The Labute approximate surface area is 181 Å². The van der Waals surface area contributed by atoms with Crippen LogP contribution in [0.2, 0.25) is 0 Å². The number of nitrogens with zero attached hydrogens (tertiary/aromatic N) is 2. The molecule has 1 fully saturated rings. The molecule has 0 atom stereocenters. The molecule has 160 valence electrons. The molecule has 0 unspecified atom stereocenters. The third-order valence-electron chi connectivity index (χ3n) is 5.37. The van der Waals surface area contributed by atoms with E-state index in [2.05, 4.69) is 4.98 Å². The van der Waals surface area contributed by atoms with Crippen LogP contribution in [0, 0.1) is 5.92 Å². The van der Waals surface area contributed by atoms with Crippen LogP contribution >= 0.6 is 11.3 Å². The van der Waals surface area contributed by atoms with Crippen LogP contribution in [0.25, 0.3) is 10.6 Å². The van der Waals surface area contributed by atoms with Gasteiger partial charge in [0.15, 0.2) is 5.78 Å². The number of amides is 1. The lowest BCUT2D eigenvalue weighted by Crippen LogP contribution is -2.40. The summed E-state index contributed by atoms with van der Waals surface area (Å²) in [6.45, 7) is 0.886. The summed E-state index contributed by atoms with van der Waals surface area (Å²) in [5, 5.41) is 1.93. The molecule has 31 heavy (non-hydrogen) atoms. The zero-order valence-corrected chi connectivity index (χ0v) is 17.2. The molecule has 2 aromatic carbocycles. The lowest BCUT2D eigenvalue weighted by molar-refractivity contribution is -0.137. The van der Waals surface area contributed by atoms with Crippen molar-refractivity contribution in [3.8, 4) is 10.6 Å². The van der Waals surface area contributed by atoms with Crippen LogP contribution in [0.1, 0.15) is 39.3 Å². The molecule has 0 bridgehead atoms. The molecule has 1 aromatic heterocycles. The van der Waals surface area contributed by atoms with Crippen molar-refractivity contribution in [2.24, 2.45) is 5.92 Å². The molecule has 0 saturated carbocycles. The Morgan fingerprint density at radius 3 is 2.39 bits per heavy atom. The summed E-state index contributed by atoms with van der Waals surface area (Å²) in [6, 6.07) is 14.0. The van der Waals surface area contributed by atoms with Gasteiger partial charge in [-0.1, -0.05) is 42.5 Å². The monoisotopic (exact) mass is 444 g/mol. The third kappa shape index (κ3) is 4.69. The number of carbonyl (C=O) groups excluding carboxylic acids is 2. The summed E-state index contributed by atoms with van der Waals surface area (Å²) >= 11 is 1.14. The summed E-state index contributed by atoms with van der Waals surface area (Å²) in [5.74, 6) is -0.296. The molecule has 4 rings (SSSR count). The second-order valence-electron chi connectivity index (χ2n) is 7.41. The first kappa shape index (κ1) is 21.2. The Bertz CT molecular complexity index is 1090. The number of rotatable bonds is 4.